The lowest BCUT2D eigenvalue weighted by atomic mass is 9.88. The molecule has 1 aromatic rings. The summed E-state index contributed by atoms with van der Waals surface area (Å²) in [4.78, 5) is 23.3. The molecule has 1 amide bonds. The molecule has 0 unspecified atom stereocenters. The van der Waals surface area contributed by atoms with Crippen LogP contribution in [-0.4, -0.2) is 17.0 Å². The van der Waals surface area contributed by atoms with Crippen LogP contribution in [0.3, 0.4) is 0 Å². The number of nitrogens with zero attached hydrogens (tertiary/aromatic N) is 1. The van der Waals surface area contributed by atoms with Gasteiger partial charge in [-0.25, -0.2) is 0 Å². The lowest BCUT2D eigenvalue weighted by Gasteiger charge is -2.17. The van der Waals surface area contributed by atoms with E-state index in [1.54, 1.807) is 0 Å². The Morgan fingerprint density at radius 3 is 2.90 bits per heavy atom. The first-order chi connectivity index (χ1) is 9.51. The van der Waals surface area contributed by atoms with Crippen LogP contribution in [0, 0.1) is 17.2 Å². The monoisotopic (exact) mass is 292 g/mol. The lowest BCUT2D eigenvalue weighted by molar-refractivity contribution is -0.138. The number of anilines is 1. The van der Waals surface area contributed by atoms with Crippen LogP contribution < -0.4 is 5.32 Å². The molecule has 20 heavy (non-hydrogen) atoms. The van der Waals surface area contributed by atoms with Gasteiger partial charge in [-0.15, -0.1) is 11.3 Å². The van der Waals surface area contributed by atoms with E-state index in [1.165, 1.54) is 16.2 Å². The molecule has 6 heteroatoms. The molecule has 5 nitrogen and oxygen atoms in total. The summed E-state index contributed by atoms with van der Waals surface area (Å²) >= 11 is 1.45. The highest BCUT2D eigenvalue weighted by Crippen LogP contribution is 2.39. The Hall–Kier alpha value is -1.87. The first kappa shape index (κ1) is 14.5. The van der Waals surface area contributed by atoms with Crippen LogP contribution in [0.5, 0.6) is 0 Å². The van der Waals surface area contributed by atoms with Gasteiger partial charge in [-0.1, -0.05) is 6.92 Å². The Kier molecular flexibility index (Phi) is 4.40. The largest absolute Gasteiger partial charge is 0.481 e. The minimum atomic E-state index is -1.00. The zero-order valence-electron chi connectivity index (χ0n) is 11.2. The van der Waals surface area contributed by atoms with Crippen LogP contribution in [0.1, 0.15) is 42.2 Å². The van der Waals surface area contributed by atoms with Gasteiger partial charge in [-0.05, 0) is 30.7 Å². The van der Waals surface area contributed by atoms with Crippen molar-refractivity contribution in [3.8, 4) is 6.07 Å². The fourth-order valence-electron chi connectivity index (χ4n) is 2.37. The van der Waals surface area contributed by atoms with E-state index in [4.69, 9.17) is 5.11 Å². The number of hydrogen-bond acceptors (Lipinski definition) is 4. The Bertz CT molecular complexity index is 586. The number of aryl methyl sites for hydroxylation is 1. The van der Waals surface area contributed by atoms with Crippen LogP contribution in [0.25, 0.3) is 0 Å². The molecule has 0 aromatic carbocycles. The van der Waals surface area contributed by atoms with Crippen molar-refractivity contribution in [1.29, 1.82) is 5.26 Å². The average Bonchev–Trinajstić information content (AvgIpc) is 2.72. The Morgan fingerprint density at radius 1 is 1.50 bits per heavy atom. The van der Waals surface area contributed by atoms with Crippen molar-refractivity contribution in [2.75, 3.05) is 5.32 Å². The van der Waals surface area contributed by atoms with E-state index in [1.807, 2.05) is 0 Å². The molecule has 0 fully saturated rings. The minimum Gasteiger partial charge on any atom is -0.481 e. The number of nitrogens with one attached hydrogen (secondary N) is 1. The smallest absolute Gasteiger partial charge is 0.303 e. The fourth-order valence-corrected chi connectivity index (χ4v) is 3.58. The molecule has 106 valence electrons. The van der Waals surface area contributed by atoms with Crippen molar-refractivity contribution in [3.05, 3.63) is 16.0 Å². The molecule has 2 rings (SSSR count). The third kappa shape index (κ3) is 3.17. The topological polar surface area (TPSA) is 90.2 Å². The molecule has 0 radical (unpaired) electrons. The van der Waals surface area contributed by atoms with E-state index >= 15 is 0 Å². The van der Waals surface area contributed by atoms with Gasteiger partial charge in [0, 0.05) is 11.3 Å². The van der Waals surface area contributed by atoms with Gasteiger partial charge in [0.1, 0.15) is 11.1 Å². The molecule has 1 atom stereocenters. The van der Waals surface area contributed by atoms with Crippen LogP contribution in [-0.2, 0) is 22.4 Å². The second-order valence-corrected chi connectivity index (χ2v) is 6.21. The zero-order chi connectivity index (χ0) is 14.7. The molecule has 2 N–H and O–H groups in total. The average molecular weight is 292 g/mol. The van der Waals surface area contributed by atoms with Crippen molar-refractivity contribution in [3.63, 3.8) is 0 Å². The number of amides is 1. The maximum atomic E-state index is 11.7. The maximum Gasteiger partial charge on any atom is 0.303 e. The Morgan fingerprint density at radius 2 is 2.25 bits per heavy atom. The predicted octanol–water partition coefficient (Wildman–Crippen LogP) is 2.55. The second-order valence-electron chi connectivity index (χ2n) is 5.11. The molecule has 1 aromatic heterocycles. The quantitative estimate of drug-likeness (QED) is 0.892. The van der Waals surface area contributed by atoms with Gasteiger partial charge in [-0.2, -0.15) is 5.26 Å². The number of nitriles is 1. The summed E-state index contributed by atoms with van der Waals surface area (Å²) in [7, 11) is 0. The highest BCUT2D eigenvalue weighted by atomic mass is 32.1. The van der Waals surface area contributed by atoms with E-state index in [-0.39, 0.29) is 18.7 Å². The summed E-state index contributed by atoms with van der Waals surface area (Å²) in [5.74, 6) is -0.796. The van der Waals surface area contributed by atoms with Crippen molar-refractivity contribution in [1.82, 2.24) is 0 Å². The summed E-state index contributed by atoms with van der Waals surface area (Å²) < 4.78 is 0. The van der Waals surface area contributed by atoms with Crippen LogP contribution in [0.15, 0.2) is 0 Å². The van der Waals surface area contributed by atoms with E-state index in [2.05, 4.69) is 18.3 Å². The summed E-state index contributed by atoms with van der Waals surface area (Å²) in [5, 5.41) is 21.1. The molecular formula is C14H16N2O3S. The lowest BCUT2D eigenvalue weighted by Crippen LogP contribution is -2.13. The molecular weight excluding hydrogens is 276 g/mol. The molecule has 1 heterocycles. The Balaban J connectivity index is 2.15. The third-order valence-corrected chi connectivity index (χ3v) is 4.65. The van der Waals surface area contributed by atoms with Gasteiger partial charge in [0.05, 0.1) is 12.0 Å². The molecule has 1 aliphatic carbocycles. The number of carbonyl (C=O) groups excluding carboxylic acids is 1. The number of carboxylic acid groups (broad SMARTS) is 1. The van der Waals surface area contributed by atoms with Crippen LogP contribution in [0.4, 0.5) is 5.00 Å². The number of carbonyl (C=O) groups is 2. The Labute approximate surface area is 121 Å². The van der Waals surface area contributed by atoms with Gasteiger partial charge < -0.3 is 10.4 Å². The van der Waals surface area contributed by atoms with E-state index in [0.29, 0.717) is 16.5 Å². The highest BCUT2D eigenvalue weighted by molar-refractivity contribution is 7.16. The molecule has 0 aliphatic heterocycles. The first-order valence-electron chi connectivity index (χ1n) is 6.57. The fraction of sp³-hybridized carbons (Fsp3) is 0.500. The molecule has 0 saturated carbocycles. The van der Waals surface area contributed by atoms with Gasteiger partial charge in [0.25, 0.3) is 0 Å². The summed E-state index contributed by atoms with van der Waals surface area (Å²) in [6.45, 7) is 2.16. The van der Waals surface area contributed by atoms with Crippen molar-refractivity contribution in [2.45, 2.75) is 39.0 Å². The van der Waals surface area contributed by atoms with Crippen LogP contribution in [0.2, 0.25) is 0 Å². The van der Waals surface area contributed by atoms with Crippen molar-refractivity contribution >= 4 is 28.2 Å². The van der Waals surface area contributed by atoms with E-state index in [0.717, 1.165) is 24.8 Å². The number of fused-ring (bicyclic) bond motifs is 1. The maximum absolute atomic E-state index is 11.7. The molecule has 0 spiro atoms. The third-order valence-electron chi connectivity index (χ3n) is 3.44. The summed E-state index contributed by atoms with van der Waals surface area (Å²) in [6.07, 6.45) is 2.65. The highest BCUT2D eigenvalue weighted by Gasteiger charge is 2.24. The second kappa shape index (κ2) is 6.06. The number of rotatable bonds is 4. The number of hydrogen-bond donors (Lipinski definition) is 2. The summed E-state index contributed by atoms with van der Waals surface area (Å²) in [5.41, 5.74) is 1.62. The van der Waals surface area contributed by atoms with Gasteiger partial charge in [0.15, 0.2) is 0 Å². The van der Waals surface area contributed by atoms with Crippen molar-refractivity contribution in [2.24, 2.45) is 5.92 Å². The minimum absolute atomic E-state index is 0.0703. The van der Waals surface area contributed by atoms with E-state index < -0.39 is 5.97 Å². The number of thiophene rings is 1. The summed E-state index contributed by atoms with van der Waals surface area (Å²) in [6, 6.07) is 2.17. The number of carboxylic acids is 1. The van der Waals surface area contributed by atoms with Crippen molar-refractivity contribution < 1.29 is 14.7 Å². The van der Waals surface area contributed by atoms with E-state index in [9.17, 15) is 14.9 Å². The predicted molar refractivity (Wildman–Crippen MR) is 75.7 cm³/mol. The first-order valence-corrected chi connectivity index (χ1v) is 7.39. The normalized spacial score (nSPS) is 17.1. The molecule has 0 saturated heterocycles. The SMILES string of the molecule is C[C@H]1CCc2sc(NC(=O)CCC(=O)O)c(C#N)c2C1. The van der Waals surface area contributed by atoms with Crippen LogP contribution >= 0.6 is 11.3 Å². The standard InChI is InChI=1S/C14H16N2O3S/c1-8-2-3-11-9(6-8)10(7-15)14(20-11)16-12(17)4-5-13(18)19/h8H,2-6H2,1H3,(H,16,17)(H,18,19)/t8-/m0/s1. The number of aliphatic carboxylic acids is 1. The van der Waals surface area contributed by atoms with Gasteiger partial charge >= 0.3 is 5.97 Å². The zero-order valence-corrected chi connectivity index (χ0v) is 12.0. The molecule has 0 bridgehead atoms. The molecule has 1 aliphatic rings. The van der Waals surface area contributed by atoms with Gasteiger partial charge in [0.2, 0.25) is 5.91 Å². The van der Waals surface area contributed by atoms with Gasteiger partial charge in [-0.3, -0.25) is 9.59 Å².